The minimum atomic E-state index is -1.23. The highest BCUT2D eigenvalue weighted by Gasteiger charge is 2.18. The number of amides is 1. The second-order valence-electron chi connectivity index (χ2n) is 3.38. The predicted molar refractivity (Wildman–Crippen MR) is 60.4 cm³/mol. The fraction of sp³-hybridized carbons (Fsp3) is 0.500. The van der Waals surface area contributed by atoms with Crippen LogP contribution in [0.25, 0.3) is 0 Å². The van der Waals surface area contributed by atoms with Crippen LogP contribution in [0.5, 0.6) is 0 Å². The summed E-state index contributed by atoms with van der Waals surface area (Å²) in [4.78, 5) is 28.4. The van der Waals surface area contributed by atoms with Crippen LogP contribution in [0.3, 0.4) is 0 Å². The van der Waals surface area contributed by atoms with Gasteiger partial charge in [0.05, 0.1) is 19.5 Å². The van der Waals surface area contributed by atoms with Crippen LogP contribution in [-0.4, -0.2) is 58.4 Å². The van der Waals surface area contributed by atoms with E-state index in [1.807, 2.05) is 0 Å². The number of nitrogens with zero attached hydrogens (tertiary/aromatic N) is 1. The van der Waals surface area contributed by atoms with Gasteiger partial charge in [-0.2, -0.15) is 0 Å². The van der Waals surface area contributed by atoms with Crippen LogP contribution in [0.15, 0.2) is 6.33 Å². The summed E-state index contributed by atoms with van der Waals surface area (Å²) in [6.45, 7) is 0.974. The van der Waals surface area contributed by atoms with E-state index in [-0.39, 0.29) is 24.6 Å². The van der Waals surface area contributed by atoms with Crippen LogP contribution >= 0.6 is 0 Å². The smallest absolute Gasteiger partial charge is 0.354 e. The van der Waals surface area contributed by atoms with Gasteiger partial charge in [0.25, 0.3) is 5.91 Å². The Balaban J connectivity index is 2.32. The Morgan fingerprint density at radius 3 is 2.89 bits per heavy atom. The summed E-state index contributed by atoms with van der Waals surface area (Å²) >= 11 is 0. The van der Waals surface area contributed by atoms with Crippen molar-refractivity contribution in [3.05, 3.63) is 17.7 Å². The number of H-pyrrole nitrogens is 1. The summed E-state index contributed by atoms with van der Waals surface area (Å²) in [5, 5.41) is 19.8. The largest absolute Gasteiger partial charge is 0.477 e. The van der Waals surface area contributed by atoms with Crippen molar-refractivity contribution in [2.45, 2.75) is 6.42 Å². The van der Waals surface area contributed by atoms with Crippen LogP contribution in [0.1, 0.15) is 27.4 Å². The van der Waals surface area contributed by atoms with E-state index in [1.165, 1.54) is 0 Å². The zero-order valence-electron chi connectivity index (χ0n) is 9.68. The number of rotatable bonds is 8. The molecule has 1 aromatic rings. The molecule has 18 heavy (non-hydrogen) atoms. The number of aliphatic hydroxyl groups excluding tert-OH is 1. The van der Waals surface area contributed by atoms with Gasteiger partial charge in [0.15, 0.2) is 11.4 Å². The number of nitrogens with one attached hydrogen (secondary N) is 2. The molecule has 0 atom stereocenters. The van der Waals surface area contributed by atoms with Gasteiger partial charge in [-0.15, -0.1) is 0 Å². The maximum absolute atomic E-state index is 11.6. The lowest BCUT2D eigenvalue weighted by molar-refractivity contribution is 0.0684. The zero-order valence-corrected chi connectivity index (χ0v) is 9.68. The van der Waals surface area contributed by atoms with Crippen LogP contribution in [0.2, 0.25) is 0 Å². The van der Waals surface area contributed by atoms with E-state index in [0.717, 1.165) is 6.33 Å². The molecular weight excluding hydrogens is 242 g/mol. The number of aromatic nitrogens is 2. The first-order chi connectivity index (χ1) is 8.66. The quantitative estimate of drug-likeness (QED) is 0.453. The minimum Gasteiger partial charge on any atom is -0.477 e. The molecule has 1 heterocycles. The lowest BCUT2D eigenvalue weighted by atomic mass is 10.3. The molecule has 0 aliphatic heterocycles. The van der Waals surface area contributed by atoms with Crippen molar-refractivity contribution in [3.8, 4) is 0 Å². The fourth-order valence-electron chi connectivity index (χ4n) is 1.26. The van der Waals surface area contributed by atoms with Crippen molar-refractivity contribution >= 4 is 11.9 Å². The van der Waals surface area contributed by atoms with Crippen LogP contribution in [0, 0.1) is 0 Å². The van der Waals surface area contributed by atoms with Gasteiger partial charge in [0, 0.05) is 13.2 Å². The maximum atomic E-state index is 11.6. The molecule has 0 saturated heterocycles. The number of aromatic amines is 1. The monoisotopic (exact) mass is 257 g/mol. The molecule has 4 N–H and O–H groups in total. The van der Waals surface area contributed by atoms with Crippen molar-refractivity contribution < 1.29 is 24.5 Å². The molecule has 0 unspecified atom stereocenters. The van der Waals surface area contributed by atoms with Crippen LogP contribution < -0.4 is 5.32 Å². The maximum Gasteiger partial charge on any atom is 0.354 e. The van der Waals surface area contributed by atoms with E-state index in [9.17, 15) is 9.59 Å². The number of carboxylic acids is 1. The van der Waals surface area contributed by atoms with Gasteiger partial charge in [0.2, 0.25) is 0 Å². The van der Waals surface area contributed by atoms with Gasteiger partial charge in [-0.05, 0) is 6.42 Å². The van der Waals surface area contributed by atoms with Crippen LogP contribution in [-0.2, 0) is 4.74 Å². The minimum absolute atomic E-state index is 0.0401. The topological polar surface area (TPSA) is 125 Å². The number of ether oxygens (including phenoxy) is 1. The van der Waals surface area contributed by atoms with Gasteiger partial charge in [-0.3, -0.25) is 4.79 Å². The first-order valence-corrected chi connectivity index (χ1v) is 5.40. The summed E-state index contributed by atoms with van der Waals surface area (Å²) in [5.74, 6) is -1.78. The standard InChI is InChI=1S/C10H15N3O5/c14-3-5-18-4-1-2-11-9(15)7-8(10(16)17)13-6-12-7/h6,14H,1-5H2,(H,11,15)(H,12,13)(H,16,17). The molecule has 8 heteroatoms. The van der Waals surface area contributed by atoms with Gasteiger partial charge in [-0.1, -0.05) is 0 Å². The van der Waals surface area contributed by atoms with Crippen molar-refractivity contribution in [3.63, 3.8) is 0 Å². The Hall–Kier alpha value is -1.93. The number of carbonyl (C=O) groups is 2. The Labute approximate surface area is 103 Å². The van der Waals surface area contributed by atoms with E-state index in [2.05, 4.69) is 15.3 Å². The first-order valence-electron chi connectivity index (χ1n) is 5.40. The Morgan fingerprint density at radius 2 is 2.22 bits per heavy atom. The lowest BCUT2D eigenvalue weighted by Gasteiger charge is -2.04. The molecule has 0 radical (unpaired) electrons. The average Bonchev–Trinajstić information content (AvgIpc) is 2.82. The molecule has 100 valence electrons. The van der Waals surface area contributed by atoms with Gasteiger partial charge < -0.3 is 25.3 Å². The van der Waals surface area contributed by atoms with E-state index < -0.39 is 11.9 Å². The second-order valence-corrected chi connectivity index (χ2v) is 3.38. The molecule has 0 aliphatic rings. The molecular formula is C10H15N3O5. The molecule has 1 amide bonds. The highest BCUT2D eigenvalue weighted by molar-refractivity contribution is 6.02. The molecule has 0 bridgehead atoms. The Bertz CT molecular complexity index is 404. The molecule has 1 rings (SSSR count). The number of hydrogen-bond donors (Lipinski definition) is 4. The average molecular weight is 257 g/mol. The Kier molecular flexibility index (Phi) is 5.81. The number of carbonyl (C=O) groups excluding carboxylic acids is 1. The van der Waals surface area contributed by atoms with Crippen molar-refractivity contribution in [2.24, 2.45) is 0 Å². The Morgan fingerprint density at radius 1 is 1.44 bits per heavy atom. The van der Waals surface area contributed by atoms with E-state index in [4.69, 9.17) is 14.9 Å². The third-order valence-electron chi connectivity index (χ3n) is 2.05. The van der Waals surface area contributed by atoms with Crippen molar-refractivity contribution in [1.82, 2.24) is 15.3 Å². The number of aliphatic hydroxyl groups is 1. The number of aromatic carboxylic acids is 1. The molecule has 0 fully saturated rings. The highest BCUT2D eigenvalue weighted by atomic mass is 16.5. The SMILES string of the molecule is O=C(NCCCOCCO)c1nc[nH]c1C(=O)O. The van der Waals surface area contributed by atoms with E-state index in [0.29, 0.717) is 19.6 Å². The fourth-order valence-corrected chi connectivity index (χ4v) is 1.26. The third kappa shape index (κ3) is 4.15. The van der Waals surface area contributed by atoms with Crippen molar-refractivity contribution in [1.29, 1.82) is 0 Å². The summed E-state index contributed by atoms with van der Waals surface area (Å²) in [5.41, 5.74) is -0.372. The molecule has 8 nitrogen and oxygen atoms in total. The summed E-state index contributed by atoms with van der Waals surface area (Å²) in [6, 6.07) is 0. The van der Waals surface area contributed by atoms with Gasteiger partial charge in [0.1, 0.15) is 0 Å². The van der Waals surface area contributed by atoms with Crippen LogP contribution in [0.4, 0.5) is 0 Å². The molecule has 0 aliphatic carbocycles. The molecule has 0 saturated carbocycles. The molecule has 1 aromatic heterocycles. The molecule has 0 aromatic carbocycles. The number of imidazole rings is 1. The first kappa shape index (κ1) is 14.1. The van der Waals surface area contributed by atoms with E-state index >= 15 is 0 Å². The van der Waals surface area contributed by atoms with Gasteiger partial charge in [-0.25, -0.2) is 9.78 Å². The number of hydrogen-bond acceptors (Lipinski definition) is 5. The third-order valence-corrected chi connectivity index (χ3v) is 2.05. The summed E-state index contributed by atoms with van der Waals surface area (Å²) in [7, 11) is 0. The van der Waals surface area contributed by atoms with Gasteiger partial charge >= 0.3 is 5.97 Å². The normalized spacial score (nSPS) is 10.3. The lowest BCUT2D eigenvalue weighted by Crippen LogP contribution is -2.27. The zero-order chi connectivity index (χ0) is 13.4. The second kappa shape index (κ2) is 7.41. The summed E-state index contributed by atoms with van der Waals surface area (Å²) in [6.07, 6.45) is 1.72. The summed E-state index contributed by atoms with van der Waals surface area (Å²) < 4.78 is 5.00. The van der Waals surface area contributed by atoms with Crippen molar-refractivity contribution in [2.75, 3.05) is 26.4 Å². The molecule has 0 spiro atoms. The van der Waals surface area contributed by atoms with E-state index in [1.54, 1.807) is 0 Å². The highest BCUT2D eigenvalue weighted by Crippen LogP contribution is 2.02. The number of carboxylic acid groups (broad SMARTS) is 1. The predicted octanol–water partition coefficient (Wildman–Crippen LogP) is -0.763.